The molecule has 0 saturated heterocycles. The maximum atomic E-state index is 12.9. The molecule has 8 heteroatoms. The van der Waals surface area contributed by atoms with E-state index in [0.29, 0.717) is 36.3 Å². The number of benzene rings is 1. The van der Waals surface area contributed by atoms with E-state index in [9.17, 15) is 18.8 Å². The van der Waals surface area contributed by atoms with Gasteiger partial charge in [-0.25, -0.2) is 9.18 Å². The Balaban J connectivity index is 2.34. The maximum Gasteiger partial charge on any atom is 0.341 e. The Morgan fingerprint density at radius 1 is 1.30 bits per heavy atom. The molecule has 1 N–H and O–H groups in total. The van der Waals surface area contributed by atoms with E-state index in [1.165, 1.54) is 7.11 Å². The van der Waals surface area contributed by atoms with Gasteiger partial charge in [0.15, 0.2) is 6.67 Å². The topological polar surface area (TPSA) is 90.9 Å². The molecule has 0 atom stereocenters. The quantitative estimate of drug-likeness (QED) is 0.456. The van der Waals surface area contributed by atoms with E-state index < -0.39 is 18.6 Å². The maximum absolute atomic E-state index is 12.9. The minimum absolute atomic E-state index is 0.0733. The van der Waals surface area contributed by atoms with Gasteiger partial charge in [0.2, 0.25) is 0 Å². The van der Waals surface area contributed by atoms with Crippen LogP contribution in [0.3, 0.4) is 0 Å². The van der Waals surface area contributed by atoms with Crippen molar-refractivity contribution >= 4 is 23.5 Å². The second-order valence-electron chi connectivity index (χ2n) is 7.10. The van der Waals surface area contributed by atoms with Crippen LogP contribution in [0.2, 0.25) is 0 Å². The van der Waals surface area contributed by atoms with Crippen LogP contribution in [-0.4, -0.2) is 38.2 Å². The fourth-order valence-corrected chi connectivity index (χ4v) is 3.33. The molecule has 1 aliphatic rings. The molecule has 0 unspecified atom stereocenters. The van der Waals surface area contributed by atoms with Crippen molar-refractivity contribution in [2.24, 2.45) is 0 Å². The van der Waals surface area contributed by atoms with Gasteiger partial charge in [-0.2, -0.15) is 0 Å². The fourth-order valence-electron chi connectivity index (χ4n) is 3.33. The molecule has 0 saturated carbocycles. The molecule has 30 heavy (non-hydrogen) atoms. The van der Waals surface area contributed by atoms with Crippen molar-refractivity contribution in [3.8, 4) is 5.75 Å². The molecule has 0 bridgehead atoms. The Morgan fingerprint density at radius 2 is 2.03 bits per heavy atom. The van der Waals surface area contributed by atoms with Gasteiger partial charge in [-0.15, -0.1) is 0 Å². The molecule has 0 radical (unpaired) electrons. The summed E-state index contributed by atoms with van der Waals surface area (Å²) in [4.78, 5) is 35.8. The first kappa shape index (κ1) is 23.4. The Hall–Kier alpha value is -2.90. The molecule has 1 aliphatic heterocycles. The molecular formula is C22H28FNO6. The van der Waals surface area contributed by atoms with Crippen LogP contribution in [-0.2, 0) is 32.1 Å². The normalized spacial score (nSPS) is 13.0. The number of esters is 2. The van der Waals surface area contributed by atoms with Crippen molar-refractivity contribution in [3.05, 3.63) is 33.9 Å². The first-order valence-electron chi connectivity index (χ1n) is 9.90. The van der Waals surface area contributed by atoms with E-state index in [1.807, 2.05) is 26.8 Å². The molecule has 1 amide bonds. The second-order valence-corrected chi connectivity index (χ2v) is 7.10. The van der Waals surface area contributed by atoms with Crippen LogP contribution < -0.4 is 10.1 Å². The third kappa shape index (κ3) is 5.37. The predicted octanol–water partition coefficient (Wildman–Crippen LogP) is 3.80. The highest BCUT2D eigenvalue weighted by molar-refractivity contribution is 6.06. The fraction of sp³-hybridized carbons (Fsp3) is 0.500. The molecule has 164 valence electrons. The van der Waals surface area contributed by atoms with Gasteiger partial charge in [-0.3, -0.25) is 9.59 Å². The number of methoxy groups -OCH3 is 1. The highest BCUT2D eigenvalue weighted by Crippen LogP contribution is 2.41. The molecule has 7 nitrogen and oxygen atoms in total. The minimum Gasteiger partial charge on any atom is -0.496 e. The number of rotatable bonds is 10. The summed E-state index contributed by atoms with van der Waals surface area (Å²) in [6.07, 6.45) is 3.77. The minimum atomic E-state index is -1.21. The molecule has 1 heterocycles. The van der Waals surface area contributed by atoms with Gasteiger partial charge in [0.05, 0.1) is 25.0 Å². The number of fused-ring (bicyclic) bond motifs is 1. The molecule has 0 aliphatic carbocycles. The van der Waals surface area contributed by atoms with Gasteiger partial charge in [-0.1, -0.05) is 18.6 Å². The molecule has 0 spiro atoms. The number of allylic oxidation sites excluding steroid dienone is 2. The Morgan fingerprint density at radius 3 is 2.67 bits per heavy atom. The molecular weight excluding hydrogens is 393 g/mol. The zero-order valence-corrected chi connectivity index (χ0v) is 17.9. The van der Waals surface area contributed by atoms with Crippen molar-refractivity contribution < 1.29 is 33.0 Å². The summed E-state index contributed by atoms with van der Waals surface area (Å²) < 4.78 is 28.6. The number of cyclic esters (lactones) is 1. The van der Waals surface area contributed by atoms with E-state index in [0.717, 1.165) is 17.6 Å². The Labute approximate surface area is 175 Å². The SMILES string of the molecule is CCCOC(=O)CCC(C)=CCc1c(NC(=O)CF)c2c(c(C)c1OC)COC2=O. The summed E-state index contributed by atoms with van der Waals surface area (Å²) >= 11 is 0. The summed E-state index contributed by atoms with van der Waals surface area (Å²) in [6, 6.07) is 0. The predicted molar refractivity (Wildman–Crippen MR) is 109 cm³/mol. The van der Waals surface area contributed by atoms with E-state index in [4.69, 9.17) is 14.2 Å². The second kappa shape index (κ2) is 10.8. The van der Waals surface area contributed by atoms with Gasteiger partial charge in [0.25, 0.3) is 5.91 Å². The van der Waals surface area contributed by atoms with Crippen LogP contribution in [0.1, 0.15) is 60.2 Å². The number of anilines is 1. The van der Waals surface area contributed by atoms with E-state index in [1.54, 1.807) is 0 Å². The number of amides is 1. The standard InChI is InChI=1S/C22H28FNO6/c1-5-10-29-18(26)9-7-13(2)6-8-15-20(24-17(25)11-23)19-16(12-30-22(19)27)14(3)21(15)28-4/h6H,5,7-12H2,1-4H3,(H,24,25). The third-order valence-corrected chi connectivity index (χ3v) is 4.91. The third-order valence-electron chi connectivity index (χ3n) is 4.91. The van der Waals surface area contributed by atoms with Crippen molar-refractivity contribution in [1.82, 2.24) is 0 Å². The Bertz CT molecular complexity index is 862. The van der Waals surface area contributed by atoms with Gasteiger partial charge in [0, 0.05) is 17.5 Å². The average molecular weight is 421 g/mol. The molecule has 0 fully saturated rings. The number of carbonyl (C=O) groups is 3. The smallest absolute Gasteiger partial charge is 0.341 e. The van der Waals surface area contributed by atoms with Crippen molar-refractivity contribution in [2.45, 2.75) is 53.1 Å². The lowest BCUT2D eigenvalue weighted by Crippen LogP contribution is -2.18. The van der Waals surface area contributed by atoms with Gasteiger partial charge >= 0.3 is 11.9 Å². The largest absolute Gasteiger partial charge is 0.496 e. The van der Waals surface area contributed by atoms with Crippen molar-refractivity contribution in [1.29, 1.82) is 0 Å². The number of hydrogen-bond acceptors (Lipinski definition) is 6. The first-order chi connectivity index (χ1) is 14.3. The summed E-state index contributed by atoms with van der Waals surface area (Å²) in [5.41, 5.74) is 3.30. The van der Waals surface area contributed by atoms with Crippen LogP contribution >= 0.6 is 0 Å². The molecule has 1 aromatic carbocycles. The monoisotopic (exact) mass is 421 g/mol. The van der Waals surface area contributed by atoms with E-state index in [-0.39, 0.29) is 30.2 Å². The highest BCUT2D eigenvalue weighted by atomic mass is 19.1. The molecule has 2 rings (SSSR count). The number of alkyl halides is 1. The van der Waals surface area contributed by atoms with Crippen LogP contribution in [0.4, 0.5) is 10.1 Å². The van der Waals surface area contributed by atoms with E-state index >= 15 is 0 Å². The summed E-state index contributed by atoms with van der Waals surface area (Å²) in [5.74, 6) is -1.17. The van der Waals surface area contributed by atoms with Gasteiger partial charge in [0.1, 0.15) is 12.4 Å². The van der Waals surface area contributed by atoms with Crippen LogP contribution in [0, 0.1) is 6.92 Å². The molecule has 1 aromatic rings. The average Bonchev–Trinajstić information content (AvgIpc) is 3.12. The van der Waals surface area contributed by atoms with Crippen molar-refractivity contribution in [3.63, 3.8) is 0 Å². The number of ether oxygens (including phenoxy) is 3. The number of carbonyl (C=O) groups excluding carboxylic acids is 3. The van der Waals surface area contributed by atoms with E-state index in [2.05, 4.69) is 5.32 Å². The van der Waals surface area contributed by atoms with Gasteiger partial charge < -0.3 is 19.5 Å². The van der Waals surface area contributed by atoms with Crippen LogP contribution in [0.25, 0.3) is 0 Å². The summed E-state index contributed by atoms with van der Waals surface area (Å²) in [7, 11) is 1.50. The van der Waals surface area contributed by atoms with Gasteiger partial charge in [-0.05, 0) is 38.7 Å². The summed E-state index contributed by atoms with van der Waals surface area (Å²) in [6.45, 7) is 4.89. The Kier molecular flexibility index (Phi) is 8.38. The number of halogens is 1. The molecule has 0 aromatic heterocycles. The van der Waals surface area contributed by atoms with Crippen LogP contribution in [0.15, 0.2) is 11.6 Å². The summed E-state index contributed by atoms with van der Waals surface area (Å²) in [5, 5.41) is 2.49. The lowest BCUT2D eigenvalue weighted by Gasteiger charge is -2.19. The number of nitrogens with one attached hydrogen (secondary N) is 1. The number of hydrogen-bond donors (Lipinski definition) is 1. The van der Waals surface area contributed by atoms with Crippen LogP contribution in [0.5, 0.6) is 5.75 Å². The first-order valence-corrected chi connectivity index (χ1v) is 9.90. The lowest BCUT2D eigenvalue weighted by molar-refractivity contribution is -0.143. The zero-order valence-electron chi connectivity index (χ0n) is 17.9. The highest BCUT2D eigenvalue weighted by Gasteiger charge is 2.32. The van der Waals surface area contributed by atoms with Crippen molar-refractivity contribution in [2.75, 3.05) is 25.7 Å². The zero-order chi connectivity index (χ0) is 22.3. The lowest BCUT2D eigenvalue weighted by atomic mass is 9.93.